The van der Waals surface area contributed by atoms with Crippen molar-refractivity contribution in [3.63, 3.8) is 0 Å². The molecule has 16 heavy (non-hydrogen) atoms. The molecule has 0 saturated carbocycles. The summed E-state index contributed by atoms with van der Waals surface area (Å²) < 4.78 is 0. The molecule has 0 aromatic carbocycles. The summed E-state index contributed by atoms with van der Waals surface area (Å²) in [6.45, 7) is 13.1. The van der Waals surface area contributed by atoms with Gasteiger partial charge in [0.2, 0.25) is 5.91 Å². The smallest absolute Gasteiger partial charge is 0.224 e. The van der Waals surface area contributed by atoms with Crippen LogP contribution in [0.25, 0.3) is 0 Å². The first-order chi connectivity index (χ1) is 7.76. The molecule has 1 N–H and O–H groups in total. The summed E-state index contributed by atoms with van der Waals surface area (Å²) in [7, 11) is 0. The maximum Gasteiger partial charge on any atom is 0.224 e. The number of amides is 1. The van der Waals surface area contributed by atoms with Crippen molar-refractivity contribution in [2.75, 3.05) is 19.6 Å². The van der Waals surface area contributed by atoms with E-state index < -0.39 is 0 Å². The van der Waals surface area contributed by atoms with Gasteiger partial charge in [0.1, 0.15) is 0 Å². The van der Waals surface area contributed by atoms with Gasteiger partial charge in [0, 0.05) is 27.0 Å². The van der Waals surface area contributed by atoms with Crippen molar-refractivity contribution < 1.29 is 6.22 Å². The van der Waals surface area contributed by atoms with E-state index in [-0.39, 0.29) is 7.33 Å². The summed E-state index contributed by atoms with van der Waals surface area (Å²) in [6, 6.07) is 0.380. The van der Waals surface area contributed by atoms with E-state index in [1.165, 1.54) is 0 Å². The summed E-state index contributed by atoms with van der Waals surface area (Å²) in [6.07, 6.45) is 4.25. The molecule has 1 amide bonds. The minimum Gasteiger partial charge on any atom is -0.353 e. The van der Waals surface area contributed by atoms with Gasteiger partial charge in [-0.05, 0) is 19.4 Å². The van der Waals surface area contributed by atoms with Gasteiger partial charge in [-0.2, -0.15) is 0 Å². The highest BCUT2D eigenvalue weighted by Crippen LogP contribution is 2.09. The standard InChI is InChI=1S/C11H20N2O.C2H6.H2/c1-3-5-11(14)12-10-6-8-13(4-2)9-7-10;1-2;/h3,10H,1,4-9H2,2H3,(H,12,14);1-2H3;1H. The minimum atomic E-state index is 0. The van der Waals surface area contributed by atoms with Gasteiger partial charge in [0.25, 0.3) is 0 Å². The Morgan fingerprint density at radius 2 is 2.06 bits per heavy atom. The summed E-state index contributed by atoms with van der Waals surface area (Å²) >= 11 is 0. The summed E-state index contributed by atoms with van der Waals surface area (Å²) in [5.74, 6) is 0.106. The monoisotopic (exact) mass is 228 g/mol. The normalized spacial score (nSPS) is 17.2. The lowest BCUT2D eigenvalue weighted by Gasteiger charge is -2.31. The molecular weight excluding hydrogens is 200 g/mol. The van der Waals surface area contributed by atoms with Crippen molar-refractivity contribution in [3.05, 3.63) is 12.7 Å². The fraction of sp³-hybridized carbons (Fsp3) is 0.769. The van der Waals surface area contributed by atoms with Crippen LogP contribution in [0.3, 0.4) is 0 Å². The number of carbonyl (C=O) groups is 1. The first kappa shape index (κ1) is 15.2. The molecule has 0 atom stereocenters. The largest absolute Gasteiger partial charge is 0.353 e. The van der Waals surface area contributed by atoms with E-state index in [9.17, 15) is 4.79 Å². The van der Waals surface area contributed by atoms with Crippen LogP contribution < -0.4 is 5.32 Å². The molecule has 96 valence electrons. The molecule has 1 aliphatic heterocycles. The van der Waals surface area contributed by atoms with E-state index in [1.807, 2.05) is 13.8 Å². The summed E-state index contributed by atoms with van der Waals surface area (Å²) in [5, 5.41) is 3.03. The number of carbonyl (C=O) groups excluding carboxylic acids is 1. The number of piperidine rings is 1. The Labute approximate surface area is 101 Å². The highest BCUT2D eigenvalue weighted by Gasteiger charge is 2.18. The highest BCUT2D eigenvalue weighted by molar-refractivity contribution is 5.77. The van der Waals surface area contributed by atoms with E-state index in [2.05, 4.69) is 23.7 Å². The van der Waals surface area contributed by atoms with Crippen LogP contribution in [-0.2, 0) is 4.79 Å². The number of nitrogens with one attached hydrogen (secondary N) is 1. The van der Waals surface area contributed by atoms with Crippen LogP contribution in [0.15, 0.2) is 12.7 Å². The summed E-state index contributed by atoms with van der Waals surface area (Å²) in [4.78, 5) is 13.7. The second-order valence-corrected chi connectivity index (χ2v) is 3.77. The third-order valence-electron chi connectivity index (χ3n) is 2.73. The molecule has 3 heteroatoms. The van der Waals surface area contributed by atoms with Gasteiger partial charge in [-0.3, -0.25) is 4.79 Å². The molecule has 1 heterocycles. The van der Waals surface area contributed by atoms with Crippen molar-refractivity contribution in [2.24, 2.45) is 0 Å². The Kier molecular flexibility index (Phi) is 8.91. The molecule has 0 aliphatic carbocycles. The van der Waals surface area contributed by atoms with Crippen LogP contribution in [0.4, 0.5) is 0 Å². The molecule has 0 bridgehead atoms. The second-order valence-electron chi connectivity index (χ2n) is 3.77. The van der Waals surface area contributed by atoms with Crippen LogP contribution >= 0.6 is 0 Å². The first-order valence-electron chi connectivity index (χ1n) is 6.39. The maximum absolute atomic E-state index is 11.3. The third kappa shape index (κ3) is 5.91. The topological polar surface area (TPSA) is 32.3 Å². The van der Waals surface area contributed by atoms with Gasteiger partial charge in [0.15, 0.2) is 0 Å². The Bertz CT molecular complexity index is 202. The van der Waals surface area contributed by atoms with Crippen molar-refractivity contribution in [1.82, 2.24) is 10.2 Å². The van der Waals surface area contributed by atoms with Gasteiger partial charge < -0.3 is 10.2 Å². The molecule has 0 spiro atoms. The highest BCUT2D eigenvalue weighted by atomic mass is 16.1. The Morgan fingerprint density at radius 1 is 1.50 bits per heavy atom. The molecule has 0 unspecified atom stereocenters. The van der Waals surface area contributed by atoms with E-state index >= 15 is 0 Å². The lowest BCUT2D eigenvalue weighted by molar-refractivity contribution is -0.121. The molecular formula is C13H28N2O. The van der Waals surface area contributed by atoms with Gasteiger partial charge in [0.05, 0.1) is 0 Å². The van der Waals surface area contributed by atoms with Crippen molar-refractivity contribution in [2.45, 2.75) is 46.1 Å². The Hall–Kier alpha value is -0.830. The van der Waals surface area contributed by atoms with Gasteiger partial charge in [-0.15, -0.1) is 6.58 Å². The number of hydrogen-bond acceptors (Lipinski definition) is 2. The SMILES string of the molecule is C=CCC(=O)NC1CCN(CC)CC1.CC.[HH]. The van der Waals surface area contributed by atoms with E-state index in [0.29, 0.717) is 12.5 Å². The van der Waals surface area contributed by atoms with Gasteiger partial charge in [-0.25, -0.2) is 0 Å². The van der Waals surface area contributed by atoms with Crippen molar-refractivity contribution in [1.29, 1.82) is 0 Å². The third-order valence-corrected chi connectivity index (χ3v) is 2.73. The number of nitrogens with zero attached hydrogens (tertiary/aromatic N) is 1. The zero-order valence-electron chi connectivity index (χ0n) is 11.0. The Morgan fingerprint density at radius 3 is 2.50 bits per heavy atom. The fourth-order valence-corrected chi connectivity index (χ4v) is 1.81. The molecule has 3 nitrogen and oxygen atoms in total. The second kappa shape index (κ2) is 9.40. The molecule has 0 aromatic heterocycles. The molecule has 1 rings (SSSR count). The molecule has 1 aliphatic rings. The van der Waals surface area contributed by atoms with Crippen molar-refractivity contribution >= 4 is 5.91 Å². The van der Waals surface area contributed by atoms with E-state index in [1.54, 1.807) is 6.08 Å². The zero-order chi connectivity index (χ0) is 12.4. The predicted molar refractivity (Wildman–Crippen MR) is 71.6 cm³/mol. The van der Waals surface area contributed by atoms with Crippen LogP contribution in [0.5, 0.6) is 0 Å². The average molecular weight is 228 g/mol. The van der Waals surface area contributed by atoms with Gasteiger partial charge in [-0.1, -0.05) is 26.8 Å². The fourth-order valence-electron chi connectivity index (χ4n) is 1.81. The lowest BCUT2D eigenvalue weighted by Crippen LogP contribution is -2.44. The molecule has 1 fully saturated rings. The van der Waals surface area contributed by atoms with Gasteiger partial charge >= 0.3 is 0 Å². The van der Waals surface area contributed by atoms with Crippen LogP contribution in [0.2, 0.25) is 0 Å². The number of hydrogen-bond donors (Lipinski definition) is 1. The maximum atomic E-state index is 11.3. The van der Waals surface area contributed by atoms with E-state index in [0.717, 1.165) is 32.5 Å². The molecule has 0 aromatic rings. The predicted octanol–water partition coefficient (Wildman–Crippen LogP) is 2.44. The molecule has 0 radical (unpaired) electrons. The number of rotatable bonds is 4. The number of likely N-dealkylation sites (tertiary alicyclic amines) is 1. The van der Waals surface area contributed by atoms with Crippen molar-refractivity contribution in [3.8, 4) is 0 Å². The van der Waals surface area contributed by atoms with Crippen LogP contribution in [0.1, 0.15) is 41.5 Å². The Balaban J connectivity index is 0. The zero-order valence-corrected chi connectivity index (χ0v) is 11.0. The quantitative estimate of drug-likeness (QED) is 0.750. The lowest BCUT2D eigenvalue weighted by atomic mass is 10.1. The van der Waals surface area contributed by atoms with Crippen LogP contribution in [-0.4, -0.2) is 36.5 Å². The summed E-state index contributed by atoms with van der Waals surface area (Å²) in [5.41, 5.74) is 0. The van der Waals surface area contributed by atoms with E-state index in [4.69, 9.17) is 0 Å². The molecule has 1 saturated heterocycles. The van der Waals surface area contributed by atoms with Crippen LogP contribution in [0, 0.1) is 0 Å². The average Bonchev–Trinajstić information content (AvgIpc) is 2.33. The first-order valence-corrected chi connectivity index (χ1v) is 6.39. The minimum absolute atomic E-state index is 0.